The molecule has 2 aromatic carbocycles. The van der Waals surface area contributed by atoms with Crippen LogP contribution < -0.4 is 5.32 Å². The highest BCUT2D eigenvalue weighted by atomic mass is 35.5. The Morgan fingerprint density at radius 2 is 1.62 bits per heavy atom. The number of amides is 1. The summed E-state index contributed by atoms with van der Waals surface area (Å²) in [4.78, 5) is 12.2. The molecular formula is C17H14Cl2N4O. The molecule has 0 atom stereocenters. The molecule has 24 heavy (non-hydrogen) atoms. The maximum absolute atomic E-state index is 12.2. The van der Waals surface area contributed by atoms with Crippen LogP contribution in [0.4, 0.5) is 0 Å². The van der Waals surface area contributed by atoms with Gasteiger partial charge in [0, 0.05) is 16.6 Å². The van der Waals surface area contributed by atoms with Crippen molar-refractivity contribution in [2.45, 2.75) is 13.1 Å². The Kier molecular flexibility index (Phi) is 5.13. The third kappa shape index (κ3) is 3.93. The highest BCUT2D eigenvalue weighted by molar-refractivity contribution is 6.31. The molecule has 0 spiro atoms. The van der Waals surface area contributed by atoms with E-state index in [1.54, 1.807) is 16.9 Å². The first-order chi connectivity index (χ1) is 11.6. The summed E-state index contributed by atoms with van der Waals surface area (Å²) in [5, 5.41) is 11.9. The standard InChI is InChI=1S/C17H14Cl2N4O/c18-14-7-3-1-5-12(14)9-20-17(24)16-11-23(22-21-16)10-13-6-2-4-8-15(13)19/h1-8,11H,9-10H2,(H,20,24). The Labute approximate surface area is 149 Å². The van der Waals surface area contributed by atoms with E-state index >= 15 is 0 Å². The first-order valence-corrected chi connectivity index (χ1v) is 8.04. The van der Waals surface area contributed by atoms with Crippen LogP contribution in [0.3, 0.4) is 0 Å². The molecule has 1 heterocycles. The Bertz CT molecular complexity index is 863. The summed E-state index contributed by atoms with van der Waals surface area (Å²) in [5.41, 5.74) is 2.00. The summed E-state index contributed by atoms with van der Waals surface area (Å²) in [6.07, 6.45) is 1.59. The lowest BCUT2D eigenvalue weighted by Gasteiger charge is -2.05. The van der Waals surface area contributed by atoms with E-state index in [0.717, 1.165) is 11.1 Å². The quantitative estimate of drug-likeness (QED) is 0.756. The molecule has 122 valence electrons. The minimum absolute atomic E-state index is 0.245. The molecule has 3 rings (SSSR count). The van der Waals surface area contributed by atoms with Crippen LogP contribution in [-0.4, -0.2) is 20.9 Å². The van der Waals surface area contributed by atoms with E-state index in [1.165, 1.54) is 0 Å². The van der Waals surface area contributed by atoms with Gasteiger partial charge in [-0.2, -0.15) is 0 Å². The molecule has 1 amide bonds. The number of carbonyl (C=O) groups excluding carboxylic acids is 1. The lowest BCUT2D eigenvalue weighted by Crippen LogP contribution is -2.23. The highest BCUT2D eigenvalue weighted by Crippen LogP contribution is 2.16. The zero-order chi connectivity index (χ0) is 16.9. The zero-order valence-electron chi connectivity index (χ0n) is 12.6. The molecule has 0 bridgehead atoms. The molecule has 0 saturated heterocycles. The van der Waals surface area contributed by atoms with E-state index in [1.807, 2.05) is 42.5 Å². The second-order valence-corrected chi connectivity index (χ2v) is 5.98. The molecule has 3 aromatic rings. The molecule has 0 radical (unpaired) electrons. The molecule has 1 N–H and O–H groups in total. The second kappa shape index (κ2) is 7.47. The van der Waals surface area contributed by atoms with Crippen LogP contribution >= 0.6 is 23.2 Å². The van der Waals surface area contributed by atoms with E-state index in [-0.39, 0.29) is 11.6 Å². The zero-order valence-corrected chi connectivity index (χ0v) is 14.1. The van der Waals surface area contributed by atoms with Gasteiger partial charge in [0.15, 0.2) is 5.69 Å². The Hall–Kier alpha value is -2.37. The molecule has 0 aliphatic heterocycles. The number of carbonyl (C=O) groups is 1. The summed E-state index contributed by atoms with van der Waals surface area (Å²) in [6, 6.07) is 14.8. The molecule has 0 unspecified atom stereocenters. The summed E-state index contributed by atoms with van der Waals surface area (Å²) in [5.74, 6) is -0.305. The third-order valence-corrected chi connectivity index (χ3v) is 4.20. The van der Waals surface area contributed by atoms with Crippen molar-refractivity contribution >= 4 is 29.1 Å². The lowest BCUT2D eigenvalue weighted by atomic mass is 10.2. The summed E-state index contributed by atoms with van der Waals surface area (Å²) < 4.78 is 1.58. The van der Waals surface area contributed by atoms with Crippen LogP contribution in [0.5, 0.6) is 0 Å². The van der Waals surface area contributed by atoms with Crippen molar-refractivity contribution in [3.8, 4) is 0 Å². The SMILES string of the molecule is O=C(NCc1ccccc1Cl)c1cn(Cc2ccccc2Cl)nn1. The summed E-state index contributed by atoms with van der Waals surface area (Å²) >= 11 is 12.2. The number of hydrogen-bond donors (Lipinski definition) is 1. The van der Waals surface area contributed by atoms with Gasteiger partial charge in [0.1, 0.15) is 0 Å². The molecule has 0 fully saturated rings. The Morgan fingerprint density at radius 1 is 1.00 bits per heavy atom. The smallest absolute Gasteiger partial charge is 0.273 e. The highest BCUT2D eigenvalue weighted by Gasteiger charge is 2.12. The number of hydrogen-bond acceptors (Lipinski definition) is 3. The van der Waals surface area contributed by atoms with E-state index in [9.17, 15) is 4.79 Å². The largest absolute Gasteiger partial charge is 0.346 e. The Balaban J connectivity index is 1.64. The van der Waals surface area contributed by atoms with Crippen molar-refractivity contribution in [1.29, 1.82) is 0 Å². The van der Waals surface area contributed by atoms with E-state index in [2.05, 4.69) is 15.6 Å². The number of nitrogens with zero attached hydrogens (tertiary/aromatic N) is 3. The van der Waals surface area contributed by atoms with Crippen molar-refractivity contribution in [2.75, 3.05) is 0 Å². The van der Waals surface area contributed by atoms with Gasteiger partial charge in [0.2, 0.25) is 0 Å². The monoisotopic (exact) mass is 360 g/mol. The first kappa shape index (κ1) is 16.5. The maximum Gasteiger partial charge on any atom is 0.273 e. The van der Waals surface area contributed by atoms with Crippen molar-refractivity contribution in [1.82, 2.24) is 20.3 Å². The number of nitrogens with one attached hydrogen (secondary N) is 1. The topological polar surface area (TPSA) is 59.8 Å². The molecule has 0 saturated carbocycles. The van der Waals surface area contributed by atoms with Crippen LogP contribution in [0, 0.1) is 0 Å². The minimum Gasteiger partial charge on any atom is -0.346 e. The predicted molar refractivity (Wildman–Crippen MR) is 93.2 cm³/mol. The molecule has 0 aliphatic rings. The van der Waals surface area contributed by atoms with Gasteiger partial charge in [0.25, 0.3) is 5.91 Å². The van der Waals surface area contributed by atoms with Gasteiger partial charge in [0.05, 0.1) is 12.7 Å². The maximum atomic E-state index is 12.2. The van der Waals surface area contributed by atoms with Crippen molar-refractivity contribution in [3.05, 3.63) is 81.6 Å². The fraction of sp³-hybridized carbons (Fsp3) is 0.118. The molecule has 7 heteroatoms. The minimum atomic E-state index is -0.305. The van der Waals surface area contributed by atoms with Gasteiger partial charge < -0.3 is 5.32 Å². The van der Waals surface area contributed by atoms with Crippen LogP contribution in [0.2, 0.25) is 10.0 Å². The van der Waals surface area contributed by atoms with Gasteiger partial charge >= 0.3 is 0 Å². The average Bonchev–Trinajstić information content (AvgIpc) is 3.05. The van der Waals surface area contributed by atoms with E-state index in [0.29, 0.717) is 23.1 Å². The van der Waals surface area contributed by atoms with Crippen molar-refractivity contribution in [2.24, 2.45) is 0 Å². The van der Waals surface area contributed by atoms with Crippen molar-refractivity contribution in [3.63, 3.8) is 0 Å². The fourth-order valence-electron chi connectivity index (χ4n) is 2.19. The predicted octanol–water partition coefficient (Wildman–Crippen LogP) is 3.56. The van der Waals surface area contributed by atoms with Crippen LogP contribution in [0.25, 0.3) is 0 Å². The normalized spacial score (nSPS) is 10.6. The Morgan fingerprint density at radius 3 is 2.29 bits per heavy atom. The first-order valence-electron chi connectivity index (χ1n) is 7.28. The van der Waals surface area contributed by atoms with E-state index < -0.39 is 0 Å². The molecule has 0 aliphatic carbocycles. The summed E-state index contributed by atoms with van der Waals surface area (Å²) in [7, 11) is 0. The number of aromatic nitrogens is 3. The molecular weight excluding hydrogens is 347 g/mol. The summed E-state index contributed by atoms with van der Waals surface area (Å²) in [6.45, 7) is 0.778. The number of rotatable bonds is 5. The number of benzene rings is 2. The third-order valence-electron chi connectivity index (χ3n) is 3.46. The van der Waals surface area contributed by atoms with Crippen LogP contribution in [-0.2, 0) is 13.1 Å². The van der Waals surface area contributed by atoms with Gasteiger partial charge in [-0.3, -0.25) is 4.79 Å². The van der Waals surface area contributed by atoms with Crippen LogP contribution in [0.1, 0.15) is 21.6 Å². The van der Waals surface area contributed by atoms with Crippen LogP contribution in [0.15, 0.2) is 54.7 Å². The van der Waals surface area contributed by atoms with Gasteiger partial charge in [-0.05, 0) is 23.3 Å². The van der Waals surface area contributed by atoms with Crippen molar-refractivity contribution < 1.29 is 4.79 Å². The van der Waals surface area contributed by atoms with Gasteiger partial charge in [-0.15, -0.1) is 5.10 Å². The number of halogens is 2. The lowest BCUT2D eigenvalue weighted by molar-refractivity contribution is 0.0946. The van der Waals surface area contributed by atoms with E-state index in [4.69, 9.17) is 23.2 Å². The molecule has 5 nitrogen and oxygen atoms in total. The van der Waals surface area contributed by atoms with Gasteiger partial charge in [-0.1, -0.05) is 64.8 Å². The molecule has 1 aromatic heterocycles. The second-order valence-electron chi connectivity index (χ2n) is 5.17. The average molecular weight is 361 g/mol. The van der Waals surface area contributed by atoms with Gasteiger partial charge in [-0.25, -0.2) is 4.68 Å². The fourth-order valence-corrected chi connectivity index (χ4v) is 2.59.